The van der Waals surface area contributed by atoms with E-state index in [9.17, 15) is 10.1 Å². The molecule has 2 N–H and O–H groups in total. The quantitative estimate of drug-likeness (QED) is 0.426. The predicted octanol–water partition coefficient (Wildman–Crippen LogP) is 4.06. The number of benzene rings is 2. The van der Waals surface area contributed by atoms with Crippen LogP contribution in [0, 0.1) is 10.1 Å². The van der Waals surface area contributed by atoms with Crippen molar-refractivity contribution in [3.8, 4) is 22.5 Å². The van der Waals surface area contributed by atoms with Gasteiger partial charge in [-0.3, -0.25) is 10.1 Å². The molecule has 6 nitrogen and oxygen atoms in total. The Balaban J connectivity index is 2.40. The molecule has 1 heterocycles. The Labute approximate surface area is 140 Å². The Morgan fingerprint density at radius 1 is 1.04 bits per heavy atom. The van der Waals surface area contributed by atoms with Crippen LogP contribution in [0.5, 0.6) is 0 Å². The smallest absolute Gasteiger partial charge is 0.279 e. The summed E-state index contributed by atoms with van der Waals surface area (Å²) in [6.45, 7) is 0. The van der Waals surface area contributed by atoms with Gasteiger partial charge in [-0.15, -0.1) is 0 Å². The average Bonchev–Trinajstić information content (AvgIpc) is 2.55. The van der Waals surface area contributed by atoms with Crippen LogP contribution >= 0.6 is 15.9 Å². The van der Waals surface area contributed by atoms with Gasteiger partial charge in [-0.1, -0.05) is 34.1 Å². The summed E-state index contributed by atoms with van der Waals surface area (Å²) in [6.07, 6.45) is 3.18. The molecule has 3 rings (SSSR count). The molecule has 0 bridgehead atoms. The van der Waals surface area contributed by atoms with Gasteiger partial charge in [-0.2, -0.15) is 0 Å². The normalized spacial score (nSPS) is 10.5. The zero-order chi connectivity index (χ0) is 16.4. The van der Waals surface area contributed by atoms with Crippen molar-refractivity contribution < 1.29 is 4.92 Å². The highest BCUT2D eigenvalue weighted by molar-refractivity contribution is 9.10. The number of nitrogens with zero attached hydrogens (tertiary/aromatic N) is 3. The van der Waals surface area contributed by atoms with Crippen molar-refractivity contribution in [1.82, 2.24) is 9.97 Å². The number of hydrogen-bond acceptors (Lipinski definition) is 5. The van der Waals surface area contributed by atoms with Gasteiger partial charge in [-0.25, -0.2) is 9.97 Å². The van der Waals surface area contributed by atoms with E-state index in [1.807, 2.05) is 0 Å². The first-order valence-electron chi connectivity index (χ1n) is 6.68. The van der Waals surface area contributed by atoms with Crippen molar-refractivity contribution in [3.05, 3.63) is 69.4 Å². The largest absolute Gasteiger partial charge is 0.398 e. The van der Waals surface area contributed by atoms with Crippen molar-refractivity contribution in [3.63, 3.8) is 0 Å². The van der Waals surface area contributed by atoms with Crippen molar-refractivity contribution in [1.29, 1.82) is 0 Å². The van der Waals surface area contributed by atoms with Crippen molar-refractivity contribution in [2.75, 3.05) is 5.73 Å². The van der Waals surface area contributed by atoms with Crippen LogP contribution in [0.4, 0.5) is 11.4 Å². The van der Waals surface area contributed by atoms with Crippen LogP contribution in [0.2, 0.25) is 0 Å². The molecule has 0 saturated heterocycles. The molecule has 2 aromatic carbocycles. The molecule has 0 radical (unpaired) electrons. The minimum atomic E-state index is -0.432. The van der Waals surface area contributed by atoms with Gasteiger partial charge >= 0.3 is 0 Å². The fourth-order valence-electron chi connectivity index (χ4n) is 2.36. The second kappa shape index (κ2) is 6.13. The molecule has 3 aromatic rings. The first kappa shape index (κ1) is 15.1. The van der Waals surface area contributed by atoms with Crippen LogP contribution in [0.3, 0.4) is 0 Å². The van der Waals surface area contributed by atoms with Gasteiger partial charge in [0, 0.05) is 39.7 Å². The second-order valence-corrected chi connectivity index (χ2v) is 5.68. The number of para-hydroxylation sites is 1. The lowest BCUT2D eigenvalue weighted by molar-refractivity contribution is -0.384. The molecule has 23 heavy (non-hydrogen) atoms. The summed E-state index contributed by atoms with van der Waals surface area (Å²) in [6, 6.07) is 11.9. The lowest BCUT2D eigenvalue weighted by atomic mass is 9.96. The van der Waals surface area contributed by atoms with Crippen LogP contribution in [-0.2, 0) is 0 Å². The number of rotatable bonds is 3. The minimum absolute atomic E-state index is 0.0558. The second-order valence-electron chi connectivity index (χ2n) is 4.76. The Hall–Kier alpha value is -2.80. The topological polar surface area (TPSA) is 94.9 Å². The van der Waals surface area contributed by atoms with E-state index in [1.54, 1.807) is 48.8 Å². The lowest BCUT2D eigenvalue weighted by Crippen LogP contribution is -1.99. The Morgan fingerprint density at radius 3 is 2.39 bits per heavy atom. The van der Waals surface area contributed by atoms with Crippen molar-refractivity contribution >= 4 is 27.3 Å². The van der Waals surface area contributed by atoms with E-state index >= 15 is 0 Å². The van der Waals surface area contributed by atoms with Gasteiger partial charge in [0.1, 0.15) is 0 Å². The van der Waals surface area contributed by atoms with Crippen LogP contribution < -0.4 is 5.73 Å². The van der Waals surface area contributed by atoms with Gasteiger partial charge in [0.2, 0.25) is 0 Å². The zero-order valence-electron chi connectivity index (χ0n) is 11.8. The monoisotopic (exact) mass is 370 g/mol. The van der Waals surface area contributed by atoms with Gasteiger partial charge in [0.15, 0.2) is 5.82 Å². The van der Waals surface area contributed by atoms with Gasteiger partial charge in [0.25, 0.3) is 5.69 Å². The van der Waals surface area contributed by atoms with E-state index in [2.05, 4.69) is 25.9 Å². The molecular formula is C16H11BrN4O2. The Morgan fingerprint density at radius 2 is 1.74 bits per heavy atom. The van der Waals surface area contributed by atoms with Crippen LogP contribution in [0.25, 0.3) is 22.5 Å². The van der Waals surface area contributed by atoms with E-state index in [0.717, 1.165) is 0 Å². The first-order chi connectivity index (χ1) is 11.1. The van der Waals surface area contributed by atoms with E-state index in [4.69, 9.17) is 5.73 Å². The molecule has 0 saturated carbocycles. The standard InChI is InChI=1S/C16H11BrN4O2/c17-10-8-12(16-19-6-3-7-20-16)15(14(9-10)21(22)23)11-4-1-2-5-13(11)18/h1-9H,18H2. The molecular weight excluding hydrogens is 360 g/mol. The molecule has 0 aliphatic heterocycles. The number of nitro benzene ring substituents is 1. The summed E-state index contributed by atoms with van der Waals surface area (Å²) in [5.41, 5.74) is 7.96. The fourth-order valence-corrected chi connectivity index (χ4v) is 2.80. The maximum atomic E-state index is 11.5. The van der Waals surface area contributed by atoms with Gasteiger partial charge < -0.3 is 5.73 Å². The summed E-state index contributed by atoms with van der Waals surface area (Å²) in [5.74, 6) is 0.398. The predicted molar refractivity (Wildman–Crippen MR) is 91.7 cm³/mol. The number of anilines is 1. The number of aromatic nitrogens is 2. The Kier molecular flexibility index (Phi) is 4.03. The maximum absolute atomic E-state index is 11.5. The molecule has 7 heteroatoms. The molecule has 0 atom stereocenters. The third-order valence-corrected chi connectivity index (χ3v) is 3.77. The van der Waals surface area contributed by atoms with Gasteiger partial charge in [-0.05, 0) is 18.2 Å². The maximum Gasteiger partial charge on any atom is 0.279 e. The third kappa shape index (κ3) is 2.91. The zero-order valence-corrected chi connectivity index (χ0v) is 13.4. The number of nitro groups is 1. The first-order valence-corrected chi connectivity index (χ1v) is 7.47. The summed E-state index contributed by atoms with van der Waals surface area (Å²) in [4.78, 5) is 19.5. The molecule has 0 amide bonds. The van der Waals surface area contributed by atoms with Crippen LogP contribution in [0.1, 0.15) is 0 Å². The molecule has 114 valence electrons. The fraction of sp³-hybridized carbons (Fsp3) is 0. The molecule has 0 fully saturated rings. The number of hydrogen-bond donors (Lipinski definition) is 1. The van der Waals surface area contributed by atoms with E-state index in [-0.39, 0.29) is 5.69 Å². The van der Waals surface area contributed by atoms with E-state index in [1.165, 1.54) is 6.07 Å². The highest BCUT2D eigenvalue weighted by Gasteiger charge is 2.24. The summed E-state index contributed by atoms with van der Waals surface area (Å²) < 4.78 is 0.574. The minimum Gasteiger partial charge on any atom is -0.398 e. The molecule has 0 aliphatic rings. The lowest BCUT2D eigenvalue weighted by Gasteiger charge is -2.12. The van der Waals surface area contributed by atoms with Crippen molar-refractivity contribution in [2.24, 2.45) is 0 Å². The molecule has 0 unspecified atom stereocenters. The summed E-state index contributed by atoms with van der Waals surface area (Å²) in [7, 11) is 0. The number of halogens is 1. The van der Waals surface area contributed by atoms with Crippen LogP contribution in [-0.4, -0.2) is 14.9 Å². The SMILES string of the molecule is Nc1ccccc1-c1c(-c2ncccn2)cc(Br)cc1[N+](=O)[O-]. The van der Waals surface area contributed by atoms with Gasteiger partial charge in [0.05, 0.1) is 10.5 Å². The van der Waals surface area contributed by atoms with Crippen molar-refractivity contribution in [2.45, 2.75) is 0 Å². The highest BCUT2D eigenvalue weighted by Crippen LogP contribution is 2.42. The Bertz CT molecular complexity index is 885. The average molecular weight is 371 g/mol. The van der Waals surface area contributed by atoms with E-state index in [0.29, 0.717) is 32.7 Å². The molecule has 0 aliphatic carbocycles. The number of nitrogen functional groups attached to an aromatic ring is 1. The summed E-state index contributed by atoms with van der Waals surface area (Å²) in [5, 5.41) is 11.5. The summed E-state index contributed by atoms with van der Waals surface area (Å²) >= 11 is 3.31. The van der Waals surface area contributed by atoms with E-state index < -0.39 is 4.92 Å². The number of nitrogens with two attached hydrogens (primary N) is 1. The highest BCUT2D eigenvalue weighted by atomic mass is 79.9. The van der Waals surface area contributed by atoms with Crippen LogP contribution in [0.15, 0.2) is 59.3 Å². The molecule has 1 aromatic heterocycles. The molecule has 0 spiro atoms. The third-order valence-electron chi connectivity index (χ3n) is 3.32.